The minimum atomic E-state index is -0.216. The predicted octanol–water partition coefficient (Wildman–Crippen LogP) is 4.96. The van der Waals surface area contributed by atoms with Crippen LogP contribution in [0.15, 0.2) is 22.7 Å². The average molecular weight is 375 g/mol. The Kier molecular flexibility index (Phi) is 5.40. The van der Waals surface area contributed by atoms with Gasteiger partial charge >= 0.3 is 0 Å². The van der Waals surface area contributed by atoms with Crippen molar-refractivity contribution in [1.29, 1.82) is 0 Å². The lowest BCUT2D eigenvalue weighted by Crippen LogP contribution is -2.53. The van der Waals surface area contributed by atoms with E-state index in [1.54, 1.807) is 7.11 Å². The first kappa shape index (κ1) is 17.3. The van der Waals surface area contributed by atoms with Crippen LogP contribution in [0.25, 0.3) is 0 Å². The normalized spacial score (nSPS) is 22.0. The van der Waals surface area contributed by atoms with Crippen LogP contribution in [0.1, 0.15) is 45.1 Å². The molecule has 1 aromatic rings. The van der Waals surface area contributed by atoms with Crippen LogP contribution >= 0.6 is 27.5 Å². The van der Waals surface area contributed by atoms with Crippen molar-refractivity contribution >= 4 is 27.5 Å². The summed E-state index contributed by atoms with van der Waals surface area (Å²) in [5.41, 5.74) is 7.80. The van der Waals surface area contributed by atoms with E-state index in [-0.39, 0.29) is 11.6 Å². The minimum absolute atomic E-state index is 0.0303. The molecule has 4 heteroatoms. The summed E-state index contributed by atoms with van der Waals surface area (Å²) in [4.78, 5) is 0. The molecule has 21 heavy (non-hydrogen) atoms. The summed E-state index contributed by atoms with van der Waals surface area (Å²) in [5, 5.41) is 0.766. The van der Waals surface area contributed by atoms with E-state index >= 15 is 0 Å². The van der Waals surface area contributed by atoms with E-state index < -0.39 is 0 Å². The Morgan fingerprint density at radius 1 is 1.29 bits per heavy atom. The Hall–Kier alpha value is -0.0900. The highest BCUT2D eigenvalue weighted by molar-refractivity contribution is 9.10. The lowest BCUT2D eigenvalue weighted by atomic mass is 9.68. The van der Waals surface area contributed by atoms with Crippen LogP contribution < -0.4 is 5.73 Å². The first-order valence-corrected chi connectivity index (χ1v) is 8.70. The molecule has 0 radical (unpaired) electrons. The number of nitrogens with two attached hydrogens (primary N) is 1. The van der Waals surface area contributed by atoms with Crippen molar-refractivity contribution in [2.24, 2.45) is 11.1 Å². The fraction of sp³-hybridized carbons (Fsp3) is 0.647. The van der Waals surface area contributed by atoms with Gasteiger partial charge in [-0.3, -0.25) is 0 Å². The topological polar surface area (TPSA) is 35.2 Å². The molecule has 2 N–H and O–H groups in total. The van der Waals surface area contributed by atoms with Gasteiger partial charge in [0.2, 0.25) is 0 Å². The van der Waals surface area contributed by atoms with E-state index in [1.807, 2.05) is 18.2 Å². The van der Waals surface area contributed by atoms with Crippen LogP contribution in [0.4, 0.5) is 0 Å². The van der Waals surface area contributed by atoms with Gasteiger partial charge in [-0.05, 0) is 55.2 Å². The summed E-state index contributed by atoms with van der Waals surface area (Å²) in [6.07, 6.45) is 5.10. The average Bonchev–Trinajstić information content (AvgIpc) is 2.42. The van der Waals surface area contributed by atoms with Gasteiger partial charge in [0.25, 0.3) is 0 Å². The Balaban J connectivity index is 2.12. The molecule has 1 fully saturated rings. The number of rotatable bonds is 4. The first-order chi connectivity index (χ1) is 9.78. The lowest BCUT2D eigenvalue weighted by Gasteiger charge is -2.46. The smallest absolute Gasteiger partial charge is 0.0832 e. The number of benzene rings is 1. The fourth-order valence-electron chi connectivity index (χ4n) is 3.19. The molecule has 1 aliphatic carbocycles. The molecule has 0 aromatic heterocycles. The molecule has 0 saturated heterocycles. The standard InChI is InChI=1S/C17H25BrClNO/c1-16(2)6-8-17(21-3,9-7-16)15(20)10-12-4-5-13(18)11-14(12)19/h4-5,11,15H,6-10,20H2,1-3H3. The van der Waals surface area contributed by atoms with Gasteiger partial charge in [0, 0.05) is 22.6 Å². The molecule has 0 aliphatic heterocycles. The molecule has 0 heterocycles. The Bertz CT molecular complexity index is 494. The van der Waals surface area contributed by atoms with E-state index in [4.69, 9.17) is 22.1 Å². The Morgan fingerprint density at radius 2 is 1.90 bits per heavy atom. The molecule has 0 bridgehead atoms. The third-order valence-electron chi connectivity index (χ3n) is 4.99. The first-order valence-electron chi connectivity index (χ1n) is 7.53. The molecule has 1 aliphatic rings. The van der Waals surface area contributed by atoms with Crippen molar-refractivity contribution in [3.63, 3.8) is 0 Å². The van der Waals surface area contributed by atoms with E-state index in [2.05, 4.69) is 29.8 Å². The SMILES string of the molecule is COC1(C(N)Cc2ccc(Br)cc2Cl)CCC(C)(C)CC1. The highest BCUT2D eigenvalue weighted by Gasteiger charge is 2.42. The summed E-state index contributed by atoms with van der Waals surface area (Å²) in [6, 6.07) is 5.95. The maximum Gasteiger partial charge on any atom is 0.0832 e. The molecular weight excluding hydrogens is 350 g/mol. The third kappa shape index (κ3) is 4.01. The monoisotopic (exact) mass is 373 g/mol. The van der Waals surface area contributed by atoms with Gasteiger partial charge in [-0.15, -0.1) is 0 Å². The number of halogens is 2. The maximum atomic E-state index is 6.53. The van der Waals surface area contributed by atoms with Gasteiger partial charge in [0.1, 0.15) is 0 Å². The highest BCUT2D eigenvalue weighted by Crippen LogP contribution is 2.43. The van der Waals surface area contributed by atoms with E-state index in [0.717, 1.165) is 47.2 Å². The van der Waals surface area contributed by atoms with Gasteiger partial charge in [0.15, 0.2) is 0 Å². The summed E-state index contributed by atoms with van der Waals surface area (Å²) in [7, 11) is 1.79. The van der Waals surface area contributed by atoms with Gasteiger partial charge in [-0.1, -0.05) is 47.4 Å². The summed E-state index contributed by atoms with van der Waals surface area (Å²) >= 11 is 9.76. The molecule has 2 rings (SSSR count). The van der Waals surface area contributed by atoms with E-state index in [9.17, 15) is 0 Å². The van der Waals surface area contributed by atoms with Crippen LogP contribution in [0.5, 0.6) is 0 Å². The molecule has 1 saturated carbocycles. The lowest BCUT2D eigenvalue weighted by molar-refractivity contribution is -0.0781. The highest BCUT2D eigenvalue weighted by atomic mass is 79.9. The number of hydrogen-bond acceptors (Lipinski definition) is 2. The fourth-order valence-corrected chi connectivity index (χ4v) is 3.94. The van der Waals surface area contributed by atoms with Crippen molar-refractivity contribution in [3.8, 4) is 0 Å². The van der Waals surface area contributed by atoms with Crippen molar-refractivity contribution in [2.45, 2.75) is 57.6 Å². The van der Waals surface area contributed by atoms with Crippen molar-refractivity contribution < 1.29 is 4.74 Å². The van der Waals surface area contributed by atoms with Gasteiger partial charge in [0.05, 0.1) is 5.60 Å². The van der Waals surface area contributed by atoms with Gasteiger partial charge in [-0.2, -0.15) is 0 Å². The Morgan fingerprint density at radius 3 is 2.43 bits per heavy atom. The molecule has 1 atom stereocenters. The summed E-state index contributed by atoms with van der Waals surface area (Å²) in [5.74, 6) is 0. The van der Waals surface area contributed by atoms with Crippen molar-refractivity contribution in [3.05, 3.63) is 33.3 Å². The van der Waals surface area contributed by atoms with E-state index in [1.165, 1.54) is 0 Å². The van der Waals surface area contributed by atoms with Crippen LogP contribution in [0.2, 0.25) is 5.02 Å². The summed E-state index contributed by atoms with van der Waals surface area (Å²) < 4.78 is 6.88. The van der Waals surface area contributed by atoms with Crippen LogP contribution in [-0.2, 0) is 11.2 Å². The zero-order valence-electron chi connectivity index (χ0n) is 13.1. The van der Waals surface area contributed by atoms with Crippen molar-refractivity contribution in [1.82, 2.24) is 0 Å². The summed E-state index contributed by atoms with van der Waals surface area (Å²) in [6.45, 7) is 4.65. The maximum absolute atomic E-state index is 6.53. The molecule has 0 spiro atoms. The molecule has 2 nitrogen and oxygen atoms in total. The second-order valence-corrected chi connectivity index (χ2v) is 8.30. The number of ether oxygens (including phenoxy) is 1. The largest absolute Gasteiger partial charge is 0.377 e. The van der Waals surface area contributed by atoms with Crippen LogP contribution in [0, 0.1) is 5.41 Å². The van der Waals surface area contributed by atoms with Crippen molar-refractivity contribution in [2.75, 3.05) is 7.11 Å². The molecule has 1 aromatic carbocycles. The Labute approximate surface area is 141 Å². The van der Waals surface area contributed by atoms with Gasteiger partial charge in [-0.25, -0.2) is 0 Å². The zero-order chi connectivity index (χ0) is 15.7. The molecular formula is C17H25BrClNO. The third-order valence-corrected chi connectivity index (χ3v) is 5.83. The van der Waals surface area contributed by atoms with Gasteiger partial charge < -0.3 is 10.5 Å². The predicted molar refractivity (Wildman–Crippen MR) is 92.8 cm³/mol. The zero-order valence-corrected chi connectivity index (χ0v) is 15.4. The minimum Gasteiger partial charge on any atom is -0.377 e. The molecule has 0 amide bonds. The second kappa shape index (κ2) is 6.57. The number of hydrogen-bond donors (Lipinski definition) is 1. The molecule has 1 unspecified atom stereocenters. The number of methoxy groups -OCH3 is 1. The molecule has 118 valence electrons. The van der Waals surface area contributed by atoms with E-state index in [0.29, 0.717) is 5.41 Å². The second-order valence-electron chi connectivity index (χ2n) is 6.98. The quantitative estimate of drug-likeness (QED) is 0.808. The van der Waals surface area contributed by atoms with Crippen LogP contribution in [-0.4, -0.2) is 18.8 Å². The van der Waals surface area contributed by atoms with Crippen LogP contribution in [0.3, 0.4) is 0 Å².